The second-order valence-corrected chi connectivity index (χ2v) is 5.42. The molecule has 2 heterocycles. The number of aryl methyl sites for hydroxylation is 1. The average molecular weight is 337 g/mol. The van der Waals surface area contributed by atoms with Gasteiger partial charge in [-0.05, 0) is 44.2 Å². The van der Waals surface area contributed by atoms with Crippen LogP contribution in [0.4, 0.5) is 23.1 Å². The Morgan fingerprint density at radius 3 is 2.56 bits per heavy atom. The van der Waals surface area contributed by atoms with Gasteiger partial charge in [0.2, 0.25) is 5.95 Å². The molecule has 0 radical (unpaired) electrons. The van der Waals surface area contributed by atoms with E-state index in [1.54, 1.807) is 6.07 Å². The summed E-state index contributed by atoms with van der Waals surface area (Å²) in [6.07, 6.45) is 2.87. The van der Waals surface area contributed by atoms with Crippen LogP contribution in [-0.2, 0) is 0 Å². The molecule has 0 spiro atoms. The number of furan rings is 1. The number of rotatable bonds is 6. The van der Waals surface area contributed by atoms with Gasteiger partial charge in [0.05, 0.1) is 11.8 Å². The van der Waals surface area contributed by atoms with Crippen LogP contribution in [0.25, 0.3) is 0 Å². The highest BCUT2D eigenvalue weighted by atomic mass is 16.3. The Morgan fingerprint density at radius 2 is 1.88 bits per heavy atom. The normalized spacial score (nSPS) is 10.3. The van der Waals surface area contributed by atoms with Crippen LogP contribution >= 0.6 is 0 Å². The van der Waals surface area contributed by atoms with E-state index < -0.39 is 0 Å². The first-order chi connectivity index (χ1) is 12.1. The Morgan fingerprint density at radius 1 is 1.12 bits per heavy atom. The minimum absolute atomic E-state index is 0.212. The molecule has 0 saturated heterocycles. The molecule has 2 aromatic heterocycles. The lowest BCUT2D eigenvalue weighted by atomic mass is 10.2. The van der Waals surface area contributed by atoms with Crippen molar-refractivity contribution in [3.63, 3.8) is 0 Å². The van der Waals surface area contributed by atoms with Crippen LogP contribution in [-0.4, -0.2) is 22.4 Å². The van der Waals surface area contributed by atoms with E-state index in [2.05, 4.69) is 25.9 Å². The second-order valence-electron chi connectivity index (χ2n) is 5.42. The summed E-state index contributed by atoms with van der Waals surface area (Å²) in [7, 11) is 0. The molecular weight excluding hydrogens is 318 g/mol. The molecule has 3 rings (SSSR count). The van der Waals surface area contributed by atoms with Crippen LogP contribution in [0, 0.1) is 6.92 Å². The highest BCUT2D eigenvalue weighted by molar-refractivity contribution is 6.04. The highest BCUT2D eigenvalue weighted by Gasteiger charge is 2.07. The van der Waals surface area contributed by atoms with Crippen molar-refractivity contribution in [2.45, 2.75) is 13.8 Å². The number of aromatic nitrogens is 2. The van der Waals surface area contributed by atoms with Crippen LogP contribution in [0.2, 0.25) is 0 Å². The third-order valence-corrected chi connectivity index (χ3v) is 3.39. The maximum Gasteiger partial charge on any atom is 0.258 e. The fourth-order valence-electron chi connectivity index (χ4n) is 2.25. The second kappa shape index (κ2) is 7.48. The first-order valence-electron chi connectivity index (χ1n) is 7.94. The molecule has 0 unspecified atom stereocenters. The smallest absolute Gasteiger partial charge is 0.258 e. The summed E-state index contributed by atoms with van der Waals surface area (Å²) < 4.78 is 4.91. The molecule has 0 aliphatic carbocycles. The van der Waals surface area contributed by atoms with Gasteiger partial charge in [-0.3, -0.25) is 4.79 Å². The molecule has 7 nitrogen and oxygen atoms in total. The summed E-state index contributed by atoms with van der Waals surface area (Å²) in [6.45, 7) is 4.67. The largest absolute Gasteiger partial charge is 0.472 e. The Bertz CT molecular complexity index is 844. The number of benzene rings is 1. The van der Waals surface area contributed by atoms with Crippen molar-refractivity contribution < 1.29 is 9.21 Å². The lowest BCUT2D eigenvalue weighted by molar-refractivity contribution is 0.102. The molecule has 0 aliphatic heterocycles. The van der Waals surface area contributed by atoms with Crippen LogP contribution in [0.15, 0.2) is 53.3 Å². The van der Waals surface area contributed by atoms with Gasteiger partial charge >= 0.3 is 0 Å². The van der Waals surface area contributed by atoms with Gasteiger partial charge in [0, 0.05) is 29.7 Å². The van der Waals surface area contributed by atoms with E-state index in [4.69, 9.17) is 4.42 Å². The minimum Gasteiger partial charge on any atom is -0.472 e. The van der Waals surface area contributed by atoms with Gasteiger partial charge in [-0.2, -0.15) is 4.98 Å². The maximum absolute atomic E-state index is 12.0. The molecule has 1 amide bonds. The molecule has 1 aromatic carbocycles. The van der Waals surface area contributed by atoms with Crippen molar-refractivity contribution in [2.24, 2.45) is 0 Å². The molecule has 3 aromatic rings. The fourth-order valence-corrected chi connectivity index (χ4v) is 2.25. The summed E-state index contributed by atoms with van der Waals surface area (Å²) in [5.41, 5.74) is 2.91. The van der Waals surface area contributed by atoms with E-state index in [1.807, 2.05) is 44.2 Å². The quantitative estimate of drug-likeness (QED) is 0.633. The third kappa shape index (κ3) is 4.35. The molecule has 3 N–H and O–H groups in total. The Hall–Kier alpha value is -3.35. The number of hydrogen-bond donors (Lipinski definition) is 3. The van der Waals surface area contributed by atoms with Gasteiger partial charge < -0.3 is 20.4 Å². The van der Waals surface area contributed by atoms with E-state index >= 15 is 0 Å². The van der Waals surface area contributed by atoms with Gasteiger partial charge in [0.25, 0.3) is 5.91 Å². The standard InChI is InChI=1S/C18H19N5O2/c1-3-19-18-20-12(2)10-16(23-18)21-14-4-6-15(7-5-14)22-17(24)13-8-9-25-11-13/h4-11H,3H2,1-2H3,(H,22,24)(H2,19,20,21,23). The zero-order valence-electron chi connectivity index (χ0n) is 14.0. The summed E-state index contributed by atoms with van der Waals surface area (Å²) in [4.78, 5) is 20.7. The zero-order valence-corrected chi connectivity index (χ0v) is 14.0. The van der Waals surface area contributed by atoms with Crippen LogP contribution < -0.4 is 16.0 Å². The highest BCUT2D eigenvalue weighted by Crippen LogP contribution is 2.19. The summed E-state index contributed by atoms with van der Waals surface area (Å²) in [6, 6.07) is 10.9. The molecule has 0 saturated carbocycles. The van der Waals surface area contributed by atoms with Gasteiger partial charge in [-0.15, -0.1) is 0 Å². The summed E-state index contributed by atoms with van der Waals surface area (Å²) in [5.74, 6) is 1.09. The number of carbonyl (C=O) groups is 1. The summed E-state index contributed by atoms with van der Waals surface area (Å²) >= 11 is 0. The molecule has 128 valence electrons. The number of nitrogens with zero attached hydrogens (tertiary/aromatic N) is 2. The number of amides is 1. The molecule has 0 aliphatic rings. The topological polar surface area (TPSA) is 92.1 Å². The van der Waals surface area contributed by atoms with Crippen molar-refractivity contribution in [3.05, 3.63) is 60.2 Å². The molecule has 0 atom stereocenters. The predicted molar refractivity (Wildman–Crippen MR) is 97.3 cm³/mol. The predicted octanol–water partition coefficient (Wildman–Crippen LogP) is 3.81. The Labute approximate surface area is 145 Å². The number of hydrogen-bond acceptors (Lipinski definition) is 6. The SMILES string of the molecule is CCNc1nc(C)cc(Nc2ccc(NC(=O)c3ccoc3)cc2)n1. The lowest BCUT2D eigenvalue weighted by Gasteiger charge is -2.10. The minimum atomic E-state index is -0.212. The van der Waals surface area contributed by atoms with Gasteiger partial charge in [0.15, 0.2) is 0 Å². The van der Waals surface area contributed by atoms with E-state index in [1.165, 1.54) is 12.5 Å². The van der Waals surface area contributed by atoms with Gasteiger partial charge in [0.1, 0.15) is 12.1 Å². The van der Waals surface area contributed by atoms with Gasteiger partial charge in [-0.1, -0.05) is 0 Å². The number of nitrogens with one attached hydrogen (secondary N) is 3. The molecule has 0 fully saturated rings. The maximum atomic E-state index is 12.0. The Balaban J connectivity index is 1.67. The first kappa shape index (κ1) is 16.5. The average Bonchev–Trinajstić information content (AvgIpc) is 3.11. The van der Waals surface area contributed by atoms with Crippen molar-refractivity contribution >= 4 is 29.0 Å². The van der Waals surface area contributed by atoms with E-state index in [9.17, 15) is 4.79 Å². The van der Waals surface area contributed by atoms with E-state index in [-0.39, 0.29) is 5.91 Å². The lowest BCUT2D eigenvalue weighted by Crippen LogP contribution is -2.10. The first-order valence-corrected chi connectivity index (χ1v) is 7.94. The van der Waals surface area contributed by atoms with Crippen molar-refractivity contribution in [1.82, 2.24) is 9.97 Å². The monoisotopic (exact) mass is 337 g/mol. The summed E-state index contributed by atoms with van der Waals surface area (Å²) in [5, 5.41) is 9.14. The molecule has 7 heteroatoms. The van der Waals surface area contributed by atoms with Crippen LogP contribution in [0.5, 0.6) is 0 Å². The van der Waals surface area contributed by atoms with Crippen LogP contribution in [0.3, 0.4) is 0 Å². The van der Waals surface area contributed by atoms with Crippen LogP contribution in [0.1, 0.15) is 23.0 Å². The van der Waals surface area contributed by atoms with E-state index in [0.29, 0.717) is 23.0 Å². The molecule has 25 heavy (non-hydrogen) atoms. The molecule has 0 bridgehead atoms. The zero-order chi connectivity index (χ0) is 17.6. The fraction of sp³-hybridized carbons (Fsp3) is 0.167. The van der Waals surface area contributed by atoms with Crippen molar-refractivity contribution in [2.75, 3.05) is 22.5 Å². The van der Waals surface area contributed by atoms with Crippen molar-refractivity contribution in [1.29, 1.82) is 0 Å². The Kier molecular flexibility index (Phi) is 4.94. The number of carbonyl (C=O) groups excluding carboxylic acids is 1. The molecular formula is C18H19N5O2. The number of anilines is 4. The third-order valence-electron chi connectivity index (χ3n) is 3.39. The van der Waals surface area contributed by atoms with Gasteiger partial charge in [-0.25, -0.2) is 4.98 Å². The van der Waals surface area contributed by atoms with Crippen molar-refractivity contribution in [3.8, 4) is 0 Å². The van der Waals surface area contributed by atoms with E-state index in [0.717, 1.165) is 17.9 Å².